The molecule has 5 atom stereocenters. The first-order chi connectivity index (χ1) is 18.2. The maximum atomic E-state index is 5.65. The Hall–Kier alpha value is -1.14. The van der Waals surface area contributed by atoms with E-state index in [9.17, 15) is 0 Å². The van der Waals surface area contributed by atoms with Gasteiger partial charge in [0.15, 0.2) is 0 Å². The summed E-state index contributed by atoms with van der Waals surface area (Å²) < 4.78 is 5.65. The molecule has 1 aromatic carbocycles. The van der Waals surface area contributed by atoms with E-state index in [2.05, 4.69) is 79.6 Å². The van der Waals surface area contributed by atoms with Crippen LogP contribution in [0.4, 0.5) is 0 Å². The van der Waals surface area contributed by atoms with Gasteiger partial charge in [-0.2, -0.15) is 0 Å². The number of unbranched alkanes of at least 4 members (excludes halogenated alkanes) is 1. The van der Waals surface area contributed by atoms with Crippen molar-refractivity contribution in [3.63, 3.8) is 0 Å². The Morgan fingerprint density at radius 3 is 2.84 bits per heavy atom. The molecule has 0 radical (unpaired) electrons. The van der Waals surface area contributed by atoms with E-state index >= 15 is 0 Å². The fourth-order valence-corrected chi connectivity index (χ4v) is 6.28. The third-order valence-electron chi connectivity index (χ3n) is 8.44. The molecule has 0 aromatic heterocycles. The Morgan fingerprint density at radius 2 is 2.00 bits per heavy atom. The molecule has 5 unspecified atom stereocenters. The molecule has 5 rings (SSSR count). The zero-order valence-electron chi connectivity index (χ0n) is 23.1. The lowest BCUT2D eigenvalue weighted by molar-refractivity contribution is -0.0379. The van der Waals surface area contributed by atoms with Gasteiger partial charge >= 0.3 is 0 Å². The number of rotatable bonds is 10. The van der Waals surface area contributed by atoms with E-state index in [-0.39, 0.29) is 12.5 Å². The number of hydrazine groups is 1. The topological polar surface area (TPSA) is 79.1 Å². The number of piperazine rings is 1. The quantitative estimate of drug-likeness (QED) is 0.316. The zero-order chi connectivity index (χ0) is 25.5. The first kappa shape index (κ1) is 27.4. The molecule has 4 fully saturated rings. The van der Waals surface area contributed by atoms with Gasteiger partial charge in [0.25, 0.3) is 0 Å². The van der Waals surface area contributed by atoms with E-state index < -0.39 is 0 Å². The molecule has 0 aliphatic carbocycles. The summed E-state index contributed by atoms with van der Waals surface area (Å²) in [6.45, 7) is 14.9. The summed E-state index contributed by atoms with van der Waals surface area (Å²) in [5, 5.41) is 17.8. The van der Waals surface area contributed by atoms with E-state index in [0.717, 1.165) is 58.8 Å². The Morgan fingerprint density at radius 1 is 1.11 bits per heavy atom. The Labute approximate surface area is 224 Å². The van der Waals surface area contributed by atoms with Crippen LogP contribution in [0.2, 0.25) is 0 Å². The van der Waals surface area contributed by atoms with Gasteiger partial charge in [-0.05, 0) is 44.8 Å². The number of benzene rings is 1. The summed E-state index contributed by atoms with van der Waals surface area (Å²) in [5.41, 5.74) is 6.50. The average molecular weight is 515 g/mol. The number of morpholine rings is 1. The van der Waals surface area contributed by atoms with Gasteiger partial charge in [-0.1, -0.05) is 43.2 Å². The van der Waals surface area contributed by atoms with Crippen LogP contribution in [-0.4, -0.2) is 105 Å². The van der Waals surface area contributed by atoms with Crippen LogP contribution in [0.1, 0.15) is 56.2 Å². The van der Waals surface area contributed by atoms with Crippen LogP contribution in [0.3, 0.4) is 0 Å². The molecule has 4 aliphatic rings. The summed E-state index contributed by atoms with van der Waals surface area (Å²) in [4.78, 5) is 5.20. The van der Waals surface area contributed by atoms with E-state index in [0.29, 0.717) is 18.2 Å². The number of nitrogens with one attached hydrogen (secondary N) is 5. The maximum Gasteiger partial charge on any atom is 0.129 e. The first-order valence-corrected chi connectivity index (χ1v) is 14.8. The Kier molecular flexibility index (Phi) is 10.2. The summed E-state index contributed by atoms with van der Waals surface area (Å²) in [5.74, 6) is 0. The smallest absolute Gasteiger partial charge is 0.129 e. The molecule has 0 saturated carbocycles. The van der Waals surface area contributed by atoms with Crippen molar-refractivity contribution in [3.05, 3.63) is 35.4 Å². The third kappa shape index (κ3) is 7.71. The van der Waals surface area contributed by atoms with Crippen LogP contribution >= 0.6 is 0 Å². The number of hydrogen-bond acceptors (Lipinski definition) is 9. The Bertz CT molecular complexity index is 821. The van der Waals surface area contributed by atoms with Crippen LogP contribution in [-0.2, 0) is 4.74 Å². The van der Waals surface area contributed by atoms with Crippen molar-refractivity contribution in [1.29, 1.82) is 0 Å². The van der Waals surface area contributed by atoms with Gasteiger partial charge in [-0.15, -0.1) is 0 Å². The van der Waals surface area contributed by atoms with Gasteiger partial charge in [0, 0.05) is 57.8 Å². The summed E-state index contributed by atoms with van der Waals surface area (Å²) in [6.07, 6.45) is 6.62. The van der Waals surface area contributed by atoms with Crippen molar-refractivity contribution < 1.29 is 4.74 Å². The molecule has 0 spiro atoms. The van der Waals surface area contributed by atoms with Crippen molar-refractivity contribution in [2.24, 2.45) is 0 Å². The van der Waals surface area contributed by atoms with Crippen LogP contribution in [0.25, 0.3) is 0 Å². The molecule has 37 heavy (non-hydrogen) atoms. The van der Waals surface area contributed by atoms with E-state index in [4.69, 9.17) is 4.74 Å². The predicted octanol–water partition coefficient (Wildman–Crippen LogP) is 1.15. The van der Waals surface area contributed by atoms with E-state index in [1.165, 1.54) is 50.0 Å². The van der Waals surface area contributed by atoms with Gasteiger partial charge in [0.05, 0.1) is 25.5 Å². The highest BCUT2D eigenvalue weighted by molar-refractivity contribution is 5.25. The fraction of sp³-hybridized carbons (Fsp3) is 0.786. The number of ether oxygens (including phenoxy) is 1. The molecular formula is C28H50N8O. The van der Waals surface area contributed by atoms with Gasteiger partial charge in [0.2, 0.25) is 0 Å². The second kappa shape index (κ2) is 13.8. The molecule has 0 amide bonds. The largest absolute Gasteiger partial charge is 0.379 e. The number of nitrogens with zero attached hydrogens (tertiary/aromatic N) is 3. The maximum absolute atomic E-state index is 5.65. The van der Waals surface area contributed by atoms with Gasteiger partial charge < -0.3 is 20.3 Å². The molecule has 4 heterocycles. The molecule has 9 nitrogen and oxygen atoms in total. The normalized spacial score (nSPS) is 32.6. The summed E-state index contributed by atoms with van der Waals surface area (Å²) >= 11 is 0. The van der Waals surface area contributed by atoms with Crippen molar-refractivity contribution in [3.8, 4) is 0 Å². The second-order valence-electron chi connectivity index (χ2n) is 11.3. The van der Waals surface area contributed by atoms with Crippen molar-refractivity contribution >= 4 is 0 Å². The number of hydrogen-bond donors (Lipinski definition) is 5. The molecule has 4 saturated heterocycles. The minimum absolute atomic E-state index is 0.0891. The number of aryl methyl sites for hydroxylation is 1. The molecule has 5 N–H and O–H groups in total. The lowest BCUT2D eigenvalue weighted by Crippen LogP contribution is -2.72. The highest BCUT2D eigenvalue weighted by Crippen LogP contribution is 2.25. The lowest BCUT2D eigenvalue weighted by atomic mass is 10.0. The lowest BCUT2D eigenvalue weighted by Gasteiger charge is -2.46. The van der Waals surface area contributed by atoms with Crippen LogP contribution in [0.15, 0.2) is 24.3 Å². The van der Waals surface area contributed by atoms with Crippen LogP contribution in [0.5, 0.6) is 0 Å². The highest BCUT2D eigenvalue weighted by Gasteiger charge is 2.37. The molecule has 208 valence electrons. The van der Waals surface area contributed by atoms with E-state index in [1.54, 1.807) is 0 Å². The summed E-state index contributed by atoms with van der Waals surface area (Å²) in [7, 11) is 0. The SMILES string of the molecule is CCCCN1CCNC(CCNC2CC(N3CCOCC3)NC(N3CCC(c4cccc(C)c4)N3)N2)C1. The molecule has 9 heteroatoms. The molecule has 0 bridgehead atoms. The Balaban J connectivity index is 1.16. The molecule has 4 aliphatic heterocycles. The van der Waals surface area contributed by atoms with Crippen LogP contribution in [0, 0.1) is 6.92 Å². The highest BCUT2D eigenvalue weighted by atomic mass is 16.5. The fourth-order valence-electron chi connectivity index (χ4n) is 6.28. The summed E-state index contributed by atoms with van der Waals surface area (Å²) in [6, 6.07) is 9.86. The van der Waals surface area contributed by atoms with E-state index in [1.807, 2.05) is 0 Å². The second-order valence-corrected chi connectivity index (χ2v) is 11.3. The van der Waals surface area contributed by atoms with Gasteiger partial charge in [0.1, 0.15) is 6.29 Å². The minimum atomic E-state index is 0.0891. The third-order valence-corrected chi connectivity index (χ3v) is 8.44. The minimum Gasteiger partial charge on any atom is -0.379 e. The standard InChI is InChI=1S/C28H50N8O/c1-3-4-12-34-14-11-29-24(21-34)8-10-30-26-20-27(35-15-17-37-18-16-35)32-28(31-26)36-13-9-25(33-36)23-7-5-6-22(2)19-23/h5-7,19,24-33H,3-4,8-18,20-21H2,1-2H3. The van der Waals surface area contributed by atoms with Crippen molar-refractivity contribution in [2.45, 2.75) is 76.7 Å². The average Bonchev–Trinajstić information content (AvgIpc) is 3.43. The monoisotopic (exact) mass is 514 g/mol. The van der Waals surface area contributed by atoms with Crippen LogP contribution < -0.4 is 26.7 Å². The van der Waals surface area contributed by atoms with Gasteiger partial charge in [-0.25, -0.2) is 10.4 Å². The van der Waals surface area contributed by atoms with Gasteiger partial charge in [-0.3, -0.25) is 15.5 Å². The predicted molar refractivity (Wildman–Crippen MR) is 149 cm³/mol. The first-order valence-electron chi connectivity index (χ1n) is 14.8. The molecular weight excluding hydrogens is 464 g/mol. The molecule has 1 aromatic rings. The zero-order valence-corrected chi connectivity index (χ0v) is 23.1. The van der Waals surface area contributed by atoms with Crippen molar-refractivity contribution in [1.82, 2.24) is 41.5 Å². The van der Waals surface area contributed by atoms with Crippen molar-refractivity contribution in [2.75, 3.05) is 65.6 Å².